The molecule has 1 heterocycles. The van der Waals surface area contributed by atoms with Gasteiger partial charge in [0.05, 0.1) is 6.21 Å². The van der Waals surface area contributed by atoms with E-state index >= 15 is 0 Å². The van der Waals surface area contributed by atoms with Gasteiger partial charge >= 0.3 is 6.36 Å². The predicted octanol–water partition coefficient (Wildman–Crippen LogP) is 4.20. The summed E-state index contributed by atoms with van der Waals surface area (Å²) in [7, 11) is 0. The summed E-state index contributed by atoms with van der Waals surface area (Å²) in [5.74, 6) is 0.561. The molecule has 172 valence electrons. The van der Waals surface area contributed by atoms with Gasteiger partial charge < -0.3 is 20.5 Å². The molecular weight excluding hydrogens is 439 g/mol. The predicted molar refractivity (Wildman–Crippen MR) is 117 cm³/mol. The van der Waals surface area contributed by atoms with Crippen molar-refractivity contribution < 1.29 is 23.0 Å². The van der Waals surface area contributed by atoms with Crippen molar-refractivity contribution in [2.24, 2.45) is 5.10 Å². The van der Waals surface area contributed by atoms with Crippen LogP contribution in [-0.4, -0.2) is 39.4 Å². The van der Waals surface area contributed by atoms with Gasteiger partial charge in [0.25, 0.3) is 0 Å². The summed E-state index contributed by atoms with van der Waals surface area (Å²) in [4.78, 5) is 12.4. The Kier molecular flexibility index (Phi) is 6.54. The molecule has 0 bridgehead atoms. The van der Waals surface area contributed by atoms with Crippen molar-refractivity contribution in [2.45, 2.75) is 25.1 Å². The Morgan fingerprint density at radius 3 is 2.27 bits per heavy atom. The topological polar surface area (TPSA) is 117 Å². The molecule has 3 aromatic rings. The highest BCUT2D eigenvalue weighted by Gasteiger charge is 2.31. The molecule has 1 aliphatic carbocycles. The van der Waals surface area contributed by atoms with Crippen LogP contribution in [0, 0.1) is 0 Å². The Hall–Kier alpha value is -3.93. The number of benzene rings is 2. The average Bonchev–Trinajstić information content (AvgIpc) is 3.60. The standard InChI is InChI=1S/C21H20F3N7O2/c22-21(23,24)33-17-9-7-16(8-10-17)27-19-28-18(25-12-32)29-20(30-19)31-26-11-13-1-3-14(4-2-13)15-5-6-15/h1-4,7-11,15,32H,5-6,12H2,(H3,25,27,28,29,30,31)/b26-11+. The number of alkyl halides is 3. The Morgan fingerprint density at radius 1 is 0.970 bits per heavy atom. The van der Waals surface area contributed by atoms with Gasteiger partial charge in [-0.2, -0.15) is 20.1 Å². The van der Waals surface area contributed by atoms with Crippen LogP contribution in [0.1, 0.15) is 29.9 Å². The molecule has 0 aliphatic heterocycles. The van der Waals surface area contributed by atoms with E-state index in [1.807, 2.05) is 12.1 Å². The monoisotopic (exact) mass is 459 g/mol. The third kappa shape index (κ3) is 6.77. The lowest BCUT2D eigenvalue weighted by Crippen LogP contribution is -2.17. The first kappa shape index (κ1) is 22.3. The Bertz CT molecular complexity index is 1100. The van der Waals surface area contributed by atoms with Crippen molar-refractivity contribution >= 4 is 29.7 Å². The molecule has 4 N–H and O–H groups in total. The van der Waals surface area contributed by atoms with E-state index in [1.54, 1.807) is 6.21 Å². The van der Waals surface area contributed by atoms with E-state index < -0.39 is 13.1 Å². The highest BCUT2D eigenvalue weighted by atomic mass is 19.4. The number of hydrogen-bond donors (Lipinski definition) is 4. The molecule has 1 fully saturated rings. The van der Waals surface area contributed by atoms with Gasteiger partial charge in [-0.15, -0.1) is 13.2 Å². The van der Waals surface area contributed by atoms with Crippen molar-refractivity contribution in [3.8, 4) is 5.75 Å². The molecule has 1 aliphatic rings. The third-order valence-corrected chi connectivity index (χ3v) is 4.58. The molecule has 0 radical (unpaired) electrons. The largest absolute Gasteiger partial charge is 0.573 e. The first-order valence-corrected chi connectivity index (χ1v) is 10.0. The summed E-state index contributed by atoms with van der Waals surface area (Å²) in [5, 5.41) is 18.7. The van der Waals surface area contributed by atoms with Crippen molar-refractivity contribution in [3.05, 3.63) is 59.7 Å². The fraction of sp³-hybridized carbons (Fsp3) is 0.238. The first-order chi connectivity index (χ1) is 15.9. The van der Waals surface area contributed by atoms with Crippen LogP contribution in [0.5, 0.6) is 5.75 Å². The highest BCUT2D eigenvalue weighted by Crippen LogP contribution is 2.39. The minimum Gasteiger partial charge on any atom is -0.406 e. The number of aliphatic hydroxyl groups excluding tert-OH is 1. The fourth-order valence-corrected chi connectivity index (χ4v) is 2.94. The SMILES string of the molecule is OCNc1nc(N/N=C/c2ccc(C3CC3)cc2)nc(Nc2ccc(OC(F)(F)F)cc2)n1. The number of hydrogen-bond acceptors (Lipinski definition) is 9. The summed E-state index contributed by atoms with van der Waals surface area (Å²) in [6.45, 7) is -0.414. The van der Waals surface area contributed by atoms with Crippen molar-refractivity contribution in [1.82, 2.24) is 15.0 Å². The lowest BCUT2D eigenvalue weighted by molar-refractivity contribution is -0.274. The van der Waals surface area contributed by atoms with Crippen LogP contribution < -0.4 is 20.8 Å². The number of rotatable bonds is 9. The van der Waals surface area contributed by atoms with Crippen molar-refractivity contribution in [2.75, 3.05) is 22.8 Å². The number of aromatic nitrogens is 3. The van der Waals surface area contributed by atoms with Gasteiger partial charge in [0.15, 0.2) is 0 Å². The lowest BCUT2D eigenvalue weighted by atomic mass is 10.1. The highest BCUT2D eigenvalue weighted by molar-refractivity contribution is 5.80. The fourth-order valence-electron chi connectivity index (χ4n) is 2.94. The van der Waals surface area contributed by atoms with E-state index in [4.69, 9.17) is 5.11 Å². The minimum atomic E-state index is -4.77. The number of aliphatic hydroxyl groups is 1. The molecule has 12 heteroatoms. The van der Waals surface area contributed by atoms with Crippen molar-refractivity contribution in [3.63, 3.8) is 0 Å². The van der Waals surface area contributed by atoms with Gasteiger partial charge in [-0.05, 0) is 54.2 Å². The molecule has 9 nitrogen and oxygen atoms in total. The molecule has 4 rings (SSSR count). The molecule has 1 aromatic heterocycles. The molecule has 0 amide bonds. The van der Waals surface area contributed by atoms with Crippen LogP contribution in [0.2, 0.25) is 0 Å². The second-order valence-electron chi connectivity index (χ2n) is 7.15. The Balaban J connectivity index is 1.43. The number of halogens is 3. The maximum Gasteiger partial charge on any atom is 0.573 e. The summed E-state index contributed by atoms with van der Waals surface area (Å²) < 4.78 is 40.8. The normalized spacial score (nSPS) is 13.7. The van der Waals surface area contributed by atoms with E-state index in [-0.39, 0.29) is 23.6 Å². The van der Waals surface area contributed by atoms with Gasteiger partial charge in [-0.25, -0.2) is 5.43 Å². The zero-order chi connectivity index (χ0) is 23.3. The second kappa shape index (κ2) is 9.69. The first-order valence-electron chi connectivity index (χ1n) is 10.0. The van der Waals surface area contributed by atoms with Crippen LogP contribution in [-0.2, 0) is 0 Å². The van der Waals surface area contributed by atoms with Crippen LogP contribution in [0.3, 0.4) is 0 Å². The second-order valence-corrected chi connectivity index (χ2v) is 7.15. The molecule has 33 heavy (non-hydrogen) atoms. The molecule has 1 saturated carbocycles. The van der Waals surface area contributed by atoms with Gasteiger partial charge in [-0.3, -0.25) is 0 Å². The van der Waals surface area contributed by atoms with Gasteiger partial charge in [-0.1, -0.05) is 24.3 Å². The Labute approximate surface area is 186 Å². The number of ether oxygens (including phenoxy) is 1. The van der Waals surface area contributed by atoms with Crippen LogP contribution in [0.4, 0.5) is 36.7 Å². The summed E-state index contributed by atoms with van der Waals surface area (Å²) >= 11 is 0. The van der Waals surface area contributed by atoms with Gasteiger partial charge in [0.1, 0.15) is 12.5 Å². The van der Waals surface area contributed by atoms with Crippen LogP contribution >= 0.6 is 0 Å². The Morgan fingerprint density at radius 2 is 1.64 bits per heavy atom. The van der Waals surface area contributed by atoms with Gasteiger partial charge in [0.2, 0.25) is 17.8 Å². The maximum absolute atomic E-state index is 12.3. The molecule has 2 aromatic carbocycles. The van der Waals surface area contributed by atoms with E-state index in [1.165, 1.54) is 30.5 Å². The zero-order valence-electron chi connectivity index (χ0n) is 17.2. The van der Waals surface area contributed by atoms with E-state index in [9.17, 15) is 13.2 Å². The summed E-state index contributed by atoms with van der Waals surface area (Å²) in [6.07, 6.45) is -0.679. The quantitative estimate of drug-likeness (QED) is 0.214. The maximum atomic E-state index is 12.3. The lowest BCUT2D eigenvalue weighted by Gasteiger charge is -2.11. The van der Waals surface area contributed by atoms with E-state index in [0.717, 1.165) is 17.7 Å². The van der Waals surface area contributed by atoms with Crippen LogP contribution in [0.25, 0.3) is 0 Å². The summed E-state index contributed by atoms with van der Waals surface area (Å²) in [5.41, 5.74) is 5.34. The van der Waals surface area contributed by atoms with Gasteiger partial charge in [0, 0.05) is 5.69 Å². The van der Waals surface area contributed by atoms with E-state index in [0.29, 0.717) is 11.6 Å². The number of hydrazone groups is 1. The minimum absolute atomic E-state index is 0.0681. The smallest absolute Gasteiger partial charge is 0.406 e. The molecular formula is C21H20F3N7O2. The molecule has 0 atom stereocenters. The third-order valence-electron chi connectivity index (χ3n) is 4.58. The van der Waals surface area contributed by atoms with Crippen LogP contribution in [0.15, 0.2) is 53.6 Å². The summed E-state index contributed by atoms with van der Waals surface area (Å²) in [6, 6.07) is 13.2. The molecule has 0 unspecified atom stereocenters. The average molecular weight is 459 g/mol. The number of nitrogens with one attached hydrogen (secondary N) is 3. The molecule has 0 saturated heterocycles. The van der Waals surface area contributed by atoms with E-state index in [2.05, 4.69) is 53.0 Å². The van der Waals surface area contributed by atoms with Crippen molar-refractivity contribution in [1.29, 1.82) is 0 Å². The number of nitrogens with zero attached hydrogens (tertiary/aromatic N) is 4. The zero-order valence-corrected chi connectivity index (χ0v) is 17.2. The number of anilines is 4. The molecule has 0 spiro atoms.